The van der Waals surface area contributed by atoms with Gasteiger partial charge in [-0.3, -0.25) is 0 Å². The van der Waals surface area contributed by atoms with Gasteiger partial charge in [0.05, 0.1) is 5.69 Å². The van der Waals surface area contributed by atoms with Gasteiger partial charge in [0.2, 0.25) is 5.88 Å². The average molecular weight is 262 g/mol. The zero-order chi connectivity index (χ0) is 13.6. The molecule has 2 aromatic carbocycles. The van der Waals surface area contributed by atoms with Gasteiger partial charge < -0.3 is 4.74 Å². The molecule has 0 aliphatic rings. The molecular formula is C17H14N2O. The highest BCUT2D eigenvalue weighted by Crippen LogP contribution is 2.18. The number of rotatable bonds is 4. The Morgan fingerprint density at radius 3 is 2.05 bits per heavy atom. The molecule has 0 N–H and O–H groups in total. The maximum atomic E-state index is 5.61. The molecule has 3 aromatic rings. The van der Waals surface area contributed by atoms with Crippen molar-refractivity contribution in [1.29, 1.82) is 0 Å². The van der Waals surface area contributed by atoms with E-state index in [2.05, 4.69) is 22.3 Å². The van der Waals surface area contributed by atoms with Crippen LogP contribution in [0, 0.1) is 0 Å². The van der Waals surface area contributed by atoms with Crippen molar-refractivity contribution in [1.82, 2.24) is 10.2 Å². The number of benzene rings is 2. The molecule has 1 aromatic heterocycles. The monoisotopic (exact) mass is 262 g/mol. The summed E-state index contributed by atoms with van der Waals surface area (Å²) in [6.45, 7) is 0. The predicted molar refractivity (Wildman–Crippen MR) is 77.8 cm³/mol. The molecule has 0 atom stereocenters. The van der Waals surface area contributed by atoms with Crippen LogP contribution in [-0.4, -0.2) is 10.2 Å². The minimum absolute atomic E-state index is 0.507. The Hall–Kier alpha value is -2.68. The van der Waals surface area contributed by atoms with Crippen LogP contribution in [0.1, 0.15) is 11.3 Å². The van der Waals surface area contributed by atoms with Gasteiger partial charge in [-0.25, -0.2) is 0 Å². The van der Waals surface area contributed by atoms with E-state index in [0.29, 0.717) is 5.88 Å². The van der Waals surface area contributed by atoms with Crippen LogP contribution in [0.5, 0.6) is 11.6 Å². The fourth-order valence-corrected chi connectivity index (χ4v) is 1.91. The number of hydrogen-bond acceptors (Lipinski definition) is 3. The molecule has 0 amide bonds. The number of hydrogen-bond donors (Lipinski definition) is 0. The highest BCUT2D eigenvalue weighted by molar-refractivity contribution is 5.27. The summed E-state index contributed by atoms with van der Waals surface area (Å²) in [5, 5.41) is 8.29. The number of nitrogens with zero attached hydrogens (tertiary/aromatic N) is 2. The van der Waals surface area contributed by atoms with E-state index < -0.39 is 0 Å². The molecule has 0 spiro atoms. The predicted octanol–water partition coefficient (Wildman–Crippen LogP) is 3.86. The fraction of sp³-hybridized carbons (Fsp3) is 0.0588. The van der Waals surface area contributed by atoms with Crippen molar-refractivity contribution in [2.24, 2.45) is 0 Å². The molecule has 3 rings (SSSR count). The molecule has 98 valence electrons. The van der Waals surface area contributed by atoms with Gasteiger partial charge in [-0.15, -0.1) is 5.10 Å². The van der Waals surface area contributed by atoms with Crippen molar-refractivity contribution in [3.63, 3.8) is 0 Å². The molecule has 0 saturated heterocycles. The van der Waals surface area contributed by atoms with Gasteiger partial charge in [-0.1, -0.05) is 48.5 Å². The van der Waals surface area contributed by atoms with Gasteiger partial charge in [-0.05, 0) is 23.8 Å². The van der Waals surface area contributed by atoms with Crippen LogP contribution in [-0.2, 0) is 6.42 Å². The second kappa shape index (κ2) is 5.97. The van der Waals surface area contributed by atoms with Crippen LogP contribution < -0.4 is 4.74 Å². The summed E-state index contributed by atoms with van der Waals surface area (Å²) in [6.07, 6.45) is 0.777. The molecule has 20 heavy (non-hydrogen) atoms. The van der Waals surface area contributed by atoms with Crippen molar-refractivity contribution in [2.75, 3.05) is 0 Å². The lowest BCUT2D eigenvalue weighted by Gasteiger charge is -2.04. The third kappa shape index (κ3) is 3.20. The zero-order valence-electron chi connectivity index (χ0n) is 10.9. The van der Waals surface area contributed by atoms with Gasteiger partial charge >= 0.3 is 0 Å². The lowest BCUT2D eigenvalue weighted by Crippen LogP contribution is -1.96. The molecule has 0 radical (unpaired) electrons. The normalized spacial score (nSPS) is 10.2. The Kier molecular flexibility index (Phi) is 3.69. The SMILES string of the molecule is c1ccc(Cc2ccc(Oc3ccccc3)nn2)cc1. The zero-order valence-corrected chi connectivity index (χ0v) is 10.9. The standard InChI is InChI=1S/C17H14N2O/c1-3-7-14(8-4-1)13-15-11-12-17(19-18-15)20-16-9-5-2-6-10-16/h1-12H,13H2. The molecular weight excluding hydrogens is 248 g/mol. The molecule has 0 bridgehead atoms. The van der Waals surface area contributed by atoms with Crippen molar-refractivity contribution < 1.29 is 4.74 Å². The fourth-order valence-electron chi connectivity index (χ4n) is 1.91. The Morgan fingerprint density at radius 2 is 1.40 bits per heavy atom. The van der Waals surface area contributed by atoms with Crippen LogP contribution in [0.25, 0.3) is 0 Å². The van der Waals surface area contributed by atoms with E-state index >= 15 is 0 Å². The molecule has 0 saturated carbocycles. The van der Waals surface area contributed by atoms with E-state index in [0.717, 1.165) is 17.9 Å². The van der Waals surface area contributed by atoms with Gasteiger partial charge in [-0.2, -0.15) is 5.10 Å². The van der Waals surface area contributed by atoms with Gasteiger partial charge in [0, 0.05) is 12.5 Å². The second-order valence-corrected chi connectivity index (χ2v) is 4.44. The van der Waals surface area contributed by atoms with Crippen LogP contribution in [0.15, 0.2) is 72.8 Å². The quantitative estimate of drug-likeness (QED) is 0.716. The third-order valence-electron chi connectivity index (χ3n) is 2.89. The summed E-state index contributed by atoms with van der Waals surface area (Å²) in [4.78, 5) is 0. The molecule has 3 nitrogen and oxygen atoms in total. The molecule has 0 fully saturated rings. The first kappa shape index (κ1) is 12.4. The number of aromatic nitrogens is 2. The van der Waals surface area contributed by atoms with E-state index in [1.54, 1.807) is 0 Å². The van der Waals surface area contributed by atoms with Crippen molar-refractivity contribution in [3.05, 3.63) is 84.1 Å². The lowest BCUT2D eigenvalue weighted by molar-refractivity contribution is 0.454. The molecule has 0 aliphatic heterocycles. The molecule has 0 unspecified atom stereocenters. The Balaban J connectivity index is 1.69. The van der Waals surface area contributed by atoms with Crippen LogP contribution in [0.2, 0.25) is 0 Å². The van der Waals surface area contributed by atoms with E-state index in [-0.39, 0.29) is 0 Å². The van der Waals surface area contributed by atoms with Gasteiger partial charge in [0.15, 0.2) is 0 Å². The maximum absolute atomic E-state index is 5.61. The summed E-state index contributed by atoms with van der Waals surface area (Å²) in [5.41, 5.74) is 2.15. The summed E-state index contributed by atoms with van der Waals surface area (Å²) in [5.74, 6) is 1.27. The topological polar surface area (TPSA) is 35.0 Å². The van der Waals surface area contributed by atoms with Crippen molar-refractivity contribution in [3.8, 4) is 11.6 Å². The van der Waals surface area contributed by atoms with Crippen LogP contribution in [0.3, 0.4) is 0 Å². The molecule has 3 heteroatoms. The maximum Gasteiger partial charge on any atom is 0.238 e. The van der Waals surface area contributed by atoms with E-state index in [1.807, 2.05) is 60.7 Å². The highest BCUT2D eigenvalue weighted by atomic mass is 16.5. The van der Waals surface area contributed by atoms with E-state index in [4.69, 9.17) is 4.74 Å². The van der Waals surface area contributed by atoms with Crippen molar-refractivity contribution in [2.45, 2.75) is 6.42 Å². The Bertz CT molecular complexity index is 591. The largest absolute Gasteiger partial charge is 0.438 e. The minimum atomic E-state index is 0.507. The summed E-state index contributed by atoms with van der Waals surface area (Å²) in [6, 6.07) is 23.6. The van der Waals surface area contributed by atoms with Gasteiger partial charge in [0.25, 0.3) is 0 Å². The van der Waals surface area contributed by atoms with Gasteiger partial charge in [0.1, 0.15) is 5.75 Å². The van der Waals surface area contributed by atoms with Crippen molar-refractivity contribution >= 4 is 0 Å². The first-order valence-corrected chi connectivity index (χ1v) is 6.49. The molecule has 0 aliphatic carbocycles. The van der Waals surface area contributed by atoms with Crippen LogP contribution in [0.4, 0.5) is 0 Å². The second-order valence-electron chi connectivity index (χ2n) is 4.44. The minimum Gasteiger partial charge on any atom is -0.438 e. The first-order chi connectivity index (χ1) is 9.90. The summed E-state index contributed by atoms with van der Waals surface area (Å²) < 4.78 is 5.61. The first-order valence-electron chi connectivity index (χ1n) is 6.49. The van der Waals surface area contributed by atoms with E-state index in [9.17, 15) is 0 Å². The van der Waals surface area contributed by atoms with Crippen LogP contribution >= 0.6 is 0 Å². The Labute approximate surface area is 117 Å². The Morgan fingerprint density at radius 1 is 0.700 bits per heavy atom. The smallest absolute Gasteiger partial charge is 0.238 e. The lowest BCUT2D eigenvalue weighted by atomic mass is 10.1. The van der Waals surface area contributed by atoms with E-state index in [1.165, 1.54) is 5.56 Å². The summed E-state index contributed by atoms with van der Waals surface area (Å²) in [7, 11) is 0. The number of para-hydroxylation sites is 1. The third-order valence-corrected chi connectivity index (χ3v) is 2.89. The average Bonchev–Trinajstić information content (AvgIpc) is 2.51. The summed E-state index contributed by atoms with van der Waals surface area (Å²) >= 11 is 0. The molecule has 1 heterocycles. The highest BCUT2D eigenvalue weighted by Gasteiger charge is 2.01. The number of ether oxygens (including phenoxy) is 1.